The van der Waals surface area contributed by atoms with Gasteiger partial charge >= 0.3 is 0 Å². The molecule has 1 amide bonds. The first kappa shape index (κ1) is 20.6. The van der Waals surface area contributed by atoms with Gasteiger partial charge in [-0.1, -0.05) is 58.4 Å². The van der Waals surface area contributed by atoms with Crippen LogP contribution in [0, 0.1) is 0 Å². The quantitative estimate of drug-likeness (QED) is 0.591. The van der Waals surface area contributed by atoms with Crippen molar-refractivity contribution >= 4 is 32.6 Å². The number of aliphatic hydroxyl groups excluding tert-OH is 1. The number of benzene rings is 3. The van der Waals surface area contributed by atoms with Crippen LogP contribution in [0.5, 0.6) is 0 Å². The highest BCUT2D eigenvalue weighted by Gasteiger charge is 2.36. The van der Waals surface area contributed by atoms with E-state index >= 15 is 0 Å². The molecular weight excluding hydrogens is 456 g/mol. The summed E-state index contributed by atoms with van der Waals surface area (Å²) >= 11 is 3.45. The summed E-state index contributed by atoms with van der Waals surface area (Å²) < 4.78 is 0.986. The molecule has 0 aliphatic carbocycles. The number of carbonyl (C=O) groups excluding carboxylic acids is 1. The molecule has 2 aliphatic heterocycles. The third-order valence-corrected chi connectivity index (χ3v) is 7.12. The van der Waals surface area contributed by atoms with Crippen LogP contribution in [0.2, 0.25) is 0 Å². The van der Waals surface area contributed by atoms with Crippen LogP contribution in [0.15, 0.2) is 65.1 Å². The van der Waals surface area contributed by atoms with E-state index in [1.54, 1.807) is 4.90 Å². The first-order valence-corrected chi connectivity index (χ1v) is 11.5. The van der Waals surface area contributed by atoms with Gasteiger partial charge < -0.3 is 15.1 Å². The molecular formula is C25H25BrN2O3. The van der Waals surface area contributed by atoms with Gasteiger partial charge in [-0.05, 0) is 48.5 Å². The lowest BCUT2D eigenvalue weighted by Crippen LogP contribution is -2.49. The monoisotopic (exact) mass is 480 g/mol. The Morgan fingerprint density at radius 1 is 1.03 bits per heavy atom. The van der Waals surface area contributed by atoms with Gasteiger partial charge in [-0.3, -0.25) is 9.69 Å². The highest BCUT2D eigenvalue weighted by Crippen LogP contribution is 2.36. The van der Waals surface area contributed by atoms with E-state index in [4.69, 9.17) is 0 Å². The number of amides is 1. The molecule has 5 nitrogen and oxygen atoms in total. The minimum Gasteiger partial charge on any atom is -0.384 e. The molecule has 0 aromatic heterocycles. The Morgan fingerprint density at radius 3 is 2.55 bits per heavy atom. The summed E-state index contributed by atoms with van der Waals surface area (Å²) in [4.78, 5) is 16.9. The van der Waals surface area contributed by atoms with Crippen molar-refractivity contribution in [3.8, 4) is 0 Å². The van der Waals surface area contributed by atoms with Gasteiger partial charge in [-0.2, -0.15) is 0 Å². The van der Waals surface area contributed by atoms with E-state index in [9.17, 15) is 15.0 Å². The number of nitrogens with zero attached hydrogens (tertiary/aromatic N) is 2. The van der Waals surface area contributed by atoms with E-state index < -0.39 is 11.8 Å². The molecule has 2 atom stereocenters. The Balaban J connectivity index is 1.33. The fourth-order valence-corrected chi connectivity index (χ4v) is 5.24. The number of likely N-dealkylation sites (tertiary alicyclic amines) is 1. The van der Waals surface area contributed by atoms with E-state index in [0.717, 1.165) is 39.3 Å². The molecule has 0 radical (unpaired) electrons. The Morgan fingerprint density at radius 2 is 1.77 bits per heavy atom. The Hall–Kier alpha value is -2.25. The first-order chi connectivity index (χ1) is 15.0. The molecule has 0 saturated carbocycles. The van der Waals surface area contributed by atoms with Crippen LogP contribution in [0.3, 0.4) is 0 Å². The van der Waals surface area contributed by atoms with Crippen LogP contribution in [-0.2, 0) is 5.60 Å². The molecule has 31 heavy (non-hydrogen) atoms. The van der Waals surface area contributed by atoms with Gasteiger partial charge in [-0.25, -0.2) is 0 Å². The zero-order valence-electron chi connectivity index (χ0n) is 17.2. The number of halogens is 1. The second-order valence-corrected chi connectivity index (χ2v) is 9.46. The standard InChI is InChI=1S/C25H25BrN2O3/c26-19-10-8-18(9-11-19)25(31)12-3-13-27(16-25)14-15-28-23(29)20-6-1-4-17-5-2-7-21(22(17)20)24(28)30/h1-2,4-11,23,29,31H,3,12-16H2. The van der Waals surface area contributed by atoms with Crippen LogP contribution in [0.1, 0.15) is 40.6 Å². The molecule has 2 N–H and O–H groups in total. The molecule has 160 valence electrons. The van der Waals surface area contributed by atoms with Gasteiger partial charge in [0, 0.05) is 40.6 Å². The molecule has 2 unspecified atom stereocenters. The van der Waals surface area contributed by atoms with Gasteiger partial charge in [0.25, 0.3) is 5.91 Å². The SMILES string of the molecule is O=C1c2cccc3cccc(c23)C(O)N1CCN1CCCC(O)(c2ccc(Br)cc2)C1. The molecule has 0 bridgehead atoms. The largest absolute Gasteiger partial charge is 0.384 e. The van der Waals surface area contributed by atoms with Gasteiger partial charge in [0.05, 0.1) is 0 Å². The van der Waals surface area contributed by atoms with Gasteiger partial charge in [0.1, 0.15) is 5.60 Å². The molecule has 0 spiro atoms. The van der Waals surface area contributed by atoms with E-state index in [1.165, 1.54) is 0 Å². The van der Waals surface area contributed by atoms with Crippen molar-refractivity contribution in [2.45, 2.75) is 24.7 Å². The van der Waals surface area contributed by atoms with Crippen molar-refractivity contribution in [1.82, 2.24) is 9.80 Å². The number of rotatable bonds is 4. The highest BCUT2D eigenvalue weighted by molar-refractivity contribution is 9.10. The smallest absolute Gasteiger partial charge is 0.256 e. The van der Waals surface area contributed by atoms with E-state index in [0.29, 0.717) is 31.6 Å². The average Bonchev–Trinajstić information content (AvgIpc) is 2.78. The van der Waals surface area contributed by atoms with Gasteiger partial charge in [0.2, 0.25) is 0 Å². The Labute approximate surface area is 190 Å². The topological polar surface area (TPSA) is 64.0 Å². The van der Waals surface area contributed by atoms with E-state index in [2.05, 4.69) is 20.8 Å². The molecule has 3 aromatic rings. The van der Waals surface area contributed by atoms with Crippen molar-refractivity contribution in [1.29, 1.82) is 0 Å². The van der Waals surface area contributed by atoms with Crippen molar-refractivity contribution in [2.75, 3.05) is 26.2 Å². The lowest BCUT2D eigenvalue weighted by molar-refractivity contribution is -0.0431. The highest BCUT2D eigenvalue weighted by atomic mass is 79.9. The van der Waals surface area contributed by atoms with E-state index in [1.807, 2.05) is 60.7 Å². The number of piperidine rings is 1. The Bertz CT molecular complexity index is 1130. The van der Waals surface area contributed by atoms with Gasteiger partial charge in [0.15, 0.2) is 6.23 Å². The average molecular weight is 481 g/mol. The number of hydrogen-bond donors (Lipinski definition) is 2. The zero-order valence-corrected chi connectivity index (χ0v) is 18.8. The second-order valence-electron chi connectivity index (χ2n) is 8.54. The molecule has 2 heterocycles. The molecule has 5 rings (SSSR count). The summed E-state index contributed by atoms with van der Waals surface area (Å²) in [6.07, 6.45) is 0.637. The summed E-state index contributed by atoms with van der Waals surface area (Å²) in [7, 11) is 0. The fraction of sp³-hybridized carbons (Fsp3) is 0.320. The summed E-state index contributed by atoms with van der Waals surface area (Å²) in [5.74, 6) is -0.142. The summed E-state index contributed by atoms with van der Waals surface area (Å²) in [6.45, 7) is 2.38. The normalized spacial score (nSPS) is 24.0. The summed E-state index contributed by atoms with van der Waals surface area (Å²) in [5.41, 5.74) is 1.43. The molecule has 1 fully saturated rings. The first-order valence-electron chi connectivity index (χ1n) is 10.7. The van der Waals surface area contributed by atoms with Gasteiger partial charge in [-0.15, -0.1) is 0 Å². The number of β-amino-alcohol motifs (C(OH)–C–C–N with tert-alkyl or cyclic N) is 1. The maximum atomic E-state index is 13.2. The maximum absolute atomic E-state index is 13.2. The number of aliphatic hydroxyl groups is 2. The predicted octanol–water partition coefficient (Wildman–Crippen LogP) is 4.03. The second kappa shape index (κ2) is 8.02. The minimum atomic E-state index is -0.957. The molecule has 2 aliphatic rings. The van der Waals surface area contributed by atoms with Crippen molar-refractivity contribution in [3.05, 3.63) is 81.8 Å². The molecule has 3 aromatic carbocycles. The lowest BCUT2D eigenvalue weighted by atomic mass is 9.86. The van der Waals surface area contributed by atoms with Crippen molar-refractivity contribution < 1.29 is 15.0 Å². The van der Waals surface area contributed by atoms with Crippen LogP contribution in [0.25, 0.3) is 10.8 Å². The van der Waals surface area contributed by atoms with Crippen LogP contribution >= 0.6 is 15.9 Å². The van der Waals surface area contributed by atoms with Crippen molar-refractivity contribution in [2.24, 2.45) is 0 Å². The fourth-order valence-electron chi connectivity index (χ4n) is 4.98. The van der Waals surface area contributed by atoms with E-state index in [-0.39, 0.29) is 5.91 Å². The number of hydrogen-bond acceptors (Lipinski definition) is 4. The minimum absolute atomic E-state index is 0.142. The molecule has 6 heteroatoms. The molecule has 1 saturated heterocycles. The third kappa shape index (κ3) is 3.68. The summed E-state index contributed by atoms with van der Waals surface area (Å²) in [6, 6.07) is 19.3. The predicted molar refractivity (Wildman–Crippen MR) is 124 cm³/mol. The maximum Gasteiger partial charge on any atom is 0.256 e. The van der Waals surface area contributed by atoms with Crippen LogP contribution in [0.4, 0.5) is 0 Å². The summed E-state index contributed by atoms with van der Waals surface area (Å²) in [5, 5.41) is 24.1. The Kier molecular flexibility index (Phi) is 5.34. The van der Waals surface area contributed by atoms with Crippen LogP contribution < -0.4 is 0 Å². The third-order valence-electron chi connectivity index (χ3n) is 6.59. The van der Waals surface area contributed by atoms with Crippen LogP contribution in [-0.4, -0.2) is 52.1 Å². The number of carbonyl (C=O) groups is 1. The zero-order chi connectivity index (χ0) is 21.6. The lowest BCUT2D eigenvalue weighted by Gasteiger charge is -2.41. The van der Waals surface area contributed by atoms with Crippen molar-refractivity contribution in [3.63, 3.8) is 0 Å².